The highest BCUT2D eigenvalue weighted by atomic mass is 16.5. The Kier molecular flexibility index (Phi) is 6.67. The van der Waals surface area contributed by atoms with Crippen molar-refractivity contribution in [3.8, 4) is 0 Å². The van der Waals surface area contributed by atoms with Crippen LogP contribution in [-0.2, 0) is 22.5 Å². The Hall–Kier alpha value is -3.41. The average Bonchev–Trinajstić information content (AvgIpc) is 2.76. The van der Waals surface area contributed by atoms with Crippen molar-refractivity contribution in [3.63, 3.8) is 0 Å². The highest BCUT2D eigenvalue weighted by molar-refractivity contribution is 5.99. The van der Waals surface area contributed by atoms with Crippen molar-refractivity contribution >= 4 is 28.5 Å². The zero-order chi connectivity index (χ0) is 21.7. The number of ether oxygens (including phenoxy) is 1. The van der Waals surface area contributed by atoms with Gasteiger partial charge in [-0.2, -0.15) is 0 Å². The van der Waals surface area contributed by atoms with Gasteiger partial charge in [0, 0.05) is 31.7 Å². The molecule has 1 heterocycles. The fourth-order valence-corrected chi connectivity index (χ4v) is 3.33. The van der Waals surface area contributed by atoms with Gasteiger partial charge in [0.25, 0.3) is 5.91 Å². The lowest BCUT2D eigenvalue weighted by Crippen LogP contribution is -2.28. The minimum atomic E-state index is -0.520. The predicted octanol–water partition coefficient (Wildman–Crippen LogP) is 3.64. The first-order valence-corrected chi connectivity index (χ1v) is 9.99. The number of anilines is 1. The minimum absolute atomic E-state index is 0.329. The lowest BCUT2D eigenvalue weighted by Gasteiger charge is -2.14. The van der Waals surface area contributed by atoms with Crippen LogP contribution < -0.4 is 10.2 Å². The van der Waals surface area contributed by atoms with E-state index in [4.69, 9.17) is 4.74 Å². The van der Waals surface area contributed by atoms with Crippen LogP contribution in [0.4, 0.5) is 5.69 Å². The molecule has 30 heavy (non-hydrogen) atoms. The van der Waals surface area contributed by atoms with Gasteiger partial charge < -0.3 is 15.0 Å². The molecular weight excluding hydrogens is 378 g/mol. The number of carbonyl (C=O) groups excluding carboxylic acids is 2. The summed E-state index contributed by atoms with van der Waals surface area (Å²) in [5.41, 5.74) is 4.86. The van der Waals surface area contributed by atoms with Crippen LogP contribution in [0, 0.1) is 6.92 Å². The highest BCUT2D eigenvalue weighted by Gasteiger charge is 2.20. The number of pyridine rings is 1. The molecule has 0 aliphatic carbocycles. The molecule has 0 aliphatic heterocycles. The molecule has 0 spiro atoms. The molecule has 0 saturated carbocycles. The monoisotopic (exact) mass is 405 g/mol. The number of nitrogens with one attached hydrogen (secondary N) is 1. The maximum Gasteiger partial charge on any atom is 0.340 e. The van der Waals surface area contributed by atoms with Gasteiger partial charge >= 0.3 is 5.97 Å². The van der Waals surface area contributed by atoms with E-state index in [-0.39, 0.29) is 12.5 Å². The molecule has 3 aromatic rings. The van der Waals surface area contributed by atoms with Crippen LogP contribution in [0.15, 0.2) is 48.5 Å². The van der Waals surface area contributed by atoms with Gasteiger partial charge in [0.15, 0.2) is 6.61 Å². The second kappa shape index (κ2) is 9.39. The third-order valence-corrected chi connectivity index (χ3v) is 5.04. The molecule has 0 bridgehead atoms. The number of amides is 1. The van der Waals surface area contributed by atoms with E-state index in [2.05, 4.69) is 10.3 Å². The minimum Gasteiger partial charge on any atom is -0.452 e. The van der Waals surface area contributed by atoms with Crippen molar-refractivity contribution in [3.05, 3.63) is 70.9 Å². The van der Waals surface area contributed by atoms with Crippen LogP contribution >= 0.6 is 0 Å². The number of rotatable bonds is 7. The van der Waals surface area contributed by atoms with E-state index >= 15 is 0 Å². The SMILES string of the molecule is CCc1nc2ccccc2c(C)c1C(=O)OCC(=O)NCc1ccc(N(C)C)cc1. The van der Waals surface area contributed by atoms with E-state index in [0.717, 1.165) is 27.7 Å². The first-order chi connectivity index (χ1) is 14.4. The van der Waals surface area contributed by atoms with Crippen LogP contribution in [0.3, 0.4) is 0 Å². The molecular formula is C24H27N3O3. The van der Waals surface area contributed by atoms with Gasteiger partial charge in [0.1, 0.15) is 0 Å². The Morgan fingerprint density at radius 3 is 2.43 bits per heavy atom. The molecule has 6 nitrogen and oxygen atoms in total. The smallest absolute Gasteiger partial charge is 0.340 e. The number of hydrogen-bond acceptors (Lipinski definition) is 5. The standard InChI is InChI=1S/C24H27N3O3/c1-5-20-23(16(2)19-8-6-7-9-21(19)26-20)24(29)30-15-22(28)25-14-17-10-12-18(13-11-17)27(3)4/h6-13H,5,14-15H2,1-4H3,(H,25,28). The fraction of sp³-hybridized carbons (Fsp3) is 0.292. The average molecular weight is 405 g/mol. The Morgan fingerprint density at radius 1 is 1.07 bits per heavy atom. The molecule has 0 unspecified atom stereocenters. The van der Waals surface area contributed by atoms with Crippen molar-refractivity contribution in [2.45, 2.75) is 26.8 Å². The zero-order valence-electron chi connectivity index (χ0n) is 17.9. The Morgan fingerprint density at radius 2 is 1.77 bits per heavy atom. The summed E-state index contributed by atoms with van der Waals surface area (Å²) in [4.78, 5) is 31.5. The second-order valence-electron chi connectivity index (χ2n) is 7.34. The molecule has 2 aromatic carbocycles. The maximum absolute atomic E-state index is 12.7. The number of aromatic nitrogens is 1. The second-order valence-corrected chi connectivity index (χ2v) is 7.34. The molecule has 0 atom stereocenters. The van der Waals surface area contributed by atoms with Gasteiger partial charge in [0.2, 0.25) is 0 Å². The van der Waals surface area contributed by atoms with Crippen molar-refractivity contribution in [2.24, 2.45) is 0 Å². The molecule has 156 valence electrons. The number of nitrogens with zero attached hydrogens (tertiary/aromatic N) is 2. The number of hydrogen-bond donors (Lipinski definition) is 1. The van der Waals surface area contributed by atoms with Crippen LogP contribution in [-0.4, -0.2) is 37.6 Å². The molecule has 6 heteroatoms. The molecule has 1 aromatic heterocycles. The van der Waals surface area contributed by atoms with E-state index in [1.807, 2.05) is 81.4 Å². The lowest BCUT2D eigenvalue weighted by molar-refractivity contribution is -0.124. The van der Waals surface area contributed by atoms with E-state index in [9.17, 15) is 9.59 Å². The number of esters is 1. The molecule has 0 saturated heterocycles. The Labute approximate surface area is 176 Å². The molecule has 3 rings (SSSR count). The fourth-order valence-electron chi connectivity index (χ4n) is 3.33. The van der Waals surface area contributed by atoms with Crippen LogP contribution in [0.5, 0.6) is 0 Å². The number of para-hydroxylation sites is 1. The summed E-state index contributed by atoms with van der Waals surface area (Å²) in [5, 5.41) is 3.69. The maximum atomic E-state index is 12.7. The summed E-state index contributed by atoms with van der Waals surface area (Å²) in [6.07, 6.45) is 0.602. The predicted molar refractivity (Wildman–Crippen MR) is 119 cm³/mol. The Bertz CT molecular complexity index is 1060. The van der Waals surface area contributed by atoms with Crippen molar-refractivity contribution in [1.29, 1.82) is 0 Å². The van der Waals surface area contributed by atoms with E-state index in [1.165, 1.54) is 0 Å². The van der Waals surface area contributed by atoms with Crippen LogP contribution in [0.25, 0.3) is 10.9 Å². The first-order valence-electron chi connectivity index (χ1n) is 9.99. The number of fused-ring (bicyclic) bond motifs is 1. The highest BCUT2D eigenvalue weighted by Crippen LogP contribution is 2.24. The normalized spacial score (nSPS) is 10.7. The van der Waals surface area contributed by atoms with E-state index in [1.54, 1.807) is 0 Å². The molecule has 1 amide bonds. The first kappa shape index (κ1) is 21.3. The molecule has 0 aliphatic rings. The van der Waals surface area contributed by atoms with E-state index < -0.39 is 5.97 Å². The van der Waals surface area contributed by atoms with Crippen molar-refractivity contribution in [1.82, 2.24) is 10.3 Å². The summed E-state index contributed by atoms with van der Waals surface area (Å²) in [7, 11) is 3.95. The number of carbonyl (C=O) groups is 2. The summed E-state index contributed by atoms with van der Waals surface area (Å²) in [6, 6.07) is 15.6. The quantitative estimate of drug-likeness (QED) is 0.608. The summed E-state index contributed by atoms with van der Waals surface area (Å²) < 4.78 is 5.30. The summed E-state index contributed by atoms with van der Waals surface area (Å²) in [5.74, 6) is -0.863. The summed E-state index contributed by atoms with van der Waals surface area (Å²) in [6.45, 7) is 3.88. The Balaban J connectivity index is 1.62. The van der Waals surface area contributed by atoms with Gasteiger partial charge in [-0.25, -0.2) is 4.79 Å². The molecule has 0 fully saturated rings. The van der Waals surface area contributed by atoms with Crippen LogP contribution in [0.2, 0.25) is 0 Å². The van der Waals surface area contributed by atoms with Crippen molar-refractivity contribution in [2.75, 3.05) is 25.6 Å². The van der Waals surface area contributed by atoms with Gasteiger partial charge in [-0.15, -0.1) is 0 Å². The third kappa shape index (κ3) is 4.76. The molecule has 0 radical (unpaired) electrons. The summed E-state index contributed by atoms with van der Waals surface area (Å²) >= 11 is 0. The third-order valence-electron chi connectivity index (χ3n) is 5.04. The topological polar surface area (TPSA) is 71.5 Å². The zero-order valence-corrected chi connectivity index (χ0v) is 17.9. The van der Waals surface area contributed by atoms with Gasteiger partial charge in [0.05, 0.1) is 16.8 Å². The lowest BCUT2D eigenvalue weighted by atomic mass is 10.0. The van der Waals surface area contributed by atoms with Crippen molar-refractivity contribution < 1.29 is 14.3 Å². The molecule has 1 N–H and O–H groups in total. The van der Waals surface area contributed by atoms with Gasteiger partial charge in [-0.3, -0.25) is 9.78 Å². The largest absolute Gasteiger partial charge is 0.452 e. The van der Waals surface area contributed by atoms with Gasteiger partial charge in [-0.05, 0) is 42.7 Å². The number of benzene rings is 2. The van der Waals surface area contributed by atoms with E-state index in [0.29, 0.717) is 24.2 Å². The number of aryl methyl sites for hydroxylation is 2. The van der Waals surface area contributed by atoms with Crippen LogP contribution in [0.1, 0.15) is 34.1 Å². The van der Waals surface area contributed by atoms with Gasteiger partial charge in [-0.1, -0.05) is 37.3 Å².